The van der Waals surface area contributed by atoms with Crippen LogP contribution in [0.4, 0.5) is 11.5 Å². The molecular weight excluding hydrogens is 200 g/mol. The van der Waals surface area contributed by atoms with E-state index in [4.69, 9.17) is 11.5 Å². The molecule has 0 radical (unpaired) electrons. The standard InChI is InChI=1S/C12H16N4/c1-8(2)16-11(10(13)12(14)15-16)9-6-4-3-5-7-9/h3-8H,13H2,1-2H3,(H2,14,15). The summed E-state index contributed by atoms with van der Waals surface area (Å²) in [5.41, 5.74) is 14.2. The van der Waals surface area contributed by atoms with Crippen LogP contribution in [0.3, 0.4) is 0 Å². The zero-order chi connectivity index (χ0) is 11.7. The first-order valence-electron chi connectivity index (χ1n) is 5.30. The average molecular weight is 216 g/mol. The van der Waals surface area contributed by atoms with Gasteiger partial charge in [-0.1, -0.05) is 30.3 Å². The topological polar surface area (TPSA) is 69.9 Å². The summed E-state index contributed by atoms with van der Waals surface area (Å²) in [4.78, 5) is 0. The van der Waals surface area contributed by atoms with Gasteiger partial charge in [0.1, 0.15) is 5.69 Å². The van der Waals surface area contributed by atoms with Gasteiger partial charge in [-0.05, 0) is 13.8 Å². The van der Waals surface area contributed by atoms with Crippen LogP contribution in [0.2, 0.25) is 0 Å². The molecule has 1 aromatic carbocycles. The van der Waals surface area contributed by atoms with E-state index in [0.717, 1.165) is 11.3 Å². The van der Waals surface area contributed by atoms with Gasteiger partial charge in [0.05, 0.1) is 5.69 Å². The molecule has 4 N–H and O–H groups in total. The van der Waals surface area contributed by atoms with Crippen LogP contribution in [0.15, 0.2) is 30.3 Å². The average Bonchev–Trinajstić information content (AvgIpc) is 2.57. The minimum Gasteiger partial charge on any atom is -0.394 e. The zero-order valence-corrected chi connectivity index (χ0v) is 9.51. The maximum Gasteiger partial charge on any atom is 0.169 e. The van der Waals surface area contributed by atoms with Gasteiger partial charge in [-0.2, -0.15) is 5.10 Å². The van der Waals surface area contributed by atoms with Crippen molar-refractivity contribution < 1.29 is 0 Å². The van der Waals surface area contributed by atoms with Gasteiger partial charge in [0.2, 0.25) is 0 Å². The summed E-state index contributed by atoms with van der Waals surface area (Å²) in [6.07, 6.45) is 0. The molecule has 0 aliphatic carbocycles. The fourth-order valence-electron chi connectivity index (χ4n) is 1.72. The van der Waals surface area contributed by atoms with E-state index in [2.05, 4.69) is 18.9 Å². The first-order valence-corrected chi connectivity index (χ1v) is 5.30. The summed E-state index contributed by atoms with van der Waals surface area (Å²) in [6.45, 7) is 4.11. The Balaban J connectivity index is 2.64. The van der Waals surface area contributed by atoms with E-state index in [1.807, 2.05) is 35.0 Å². The highest BCUT2D eigenvalue weighted by Crippen LogP contribution is 2.31. The van der Waals surface area contributed by atoms with Crippen LogP contribution in [0.25, 0.3) is 11.3 Å². The lowest BCUT2D eigenvalue weighted by Gasteiger charge is -2.11. The van der Waals surface area contributed by atoms with Gasteiger partial charge in [-0.25, -0.2) is 0 Å². The van der Waals surface area contributed by atoms with Gasteiger partial charge < -0.3 is 11.5 Å². The molecule has 0 spiro atoms. The number of aromatic nitrogens is 2. The van der Waals surface area contributed by atoms with Crippen molar-refractivity contribution in [1.82, 2.24) is 9.78 Å². The second-order valence-electron chi connectivity index (χ2n) is 4.05. The summed E-state index contributed by atoms with van der Waals surface area (Å²) in [7, 11) is 0. The van der Waals surface area contributed by atoms with Crippen molar-refractivity contribution >= 4 is 11.5 Å². The molecule has 1 aromatic heterocycles. The highest BCUT2D eigenvalue weighted by atomic mass is 15.3. The second-order valence-corrected chi connectivity index (χ2v) is 4.05. The fraction of sp³-hybridized carbons (Fsp3) is 0.250. The van der Waals surface area contributed by atoms with Crippen molar-refractivity contribution in [1.29, 1.82) is 0 Å². The molecule has 2 aromatic rings. The Morgan fingerprint density at radius 1 is 1.12 bits per heavy atom. The first-order chi connectivity index (χ1) is 7.61. The van der Waals surface area contributed by atoms with Crippen molar-refractivity contribution in [2.24, 2.45) is 0 Å². The van der Waals surface area contributed by atoms with Gasteiger partial charge >= 0.3 is 0 Å². The van der Waals surface area contributed by atoms with E-state index in [1.165, 1.54) is 0 Å². The Bertz CT molecular complexity index is 485. The van der Waals surface area contributed by atoms with Crippen LogP contribution in [-0.2, 0) is 0 Å². The molecule has 0 fully saturated rings. The van der Waals surface area contributed by atoms with Crippen LogP contribution in [0.5, 0.6) is 0 Å². The third kappa shape index (κ3) is 1.62. The lowest BCUT2D eigenvalue weighted by molar-refractivity contribution is 0.541. The number of benzene rings is 1. The highest BCUT2D eigenvalue weighted by molar-refractivity contribution is 5.80. The van der Waals surface area contributed by atoms with Gasteiger partial charge in [0.25, 0.3) is 0 Å². The molecule has 16 heavy (non-hydrogen) atoms. The van der Waals surface area contributed by atoms with Gasteiger partial charge in [-0.3, -0.25) is 4.68 Å². The number of nitrogen functional groups attached to an aromatic ring is 2. The molecular formula is C12H16N4. The predicted molar refractivity (Wildman–Crippen MR) is 66.9 cm³/mol. The van der Waals surface area contributed by atoms with E-state index in [9.17, 15) is 0 Å². The normalized spacial score (nSPS) is 10.9. The van der Waals surface area contributed by atoms with Crippen molar-refractivity contribution in [2.45, 2.75) is 19.9 Å². The van der Waals surface area contributed by atoms with Crippen LogP contribution in [0, 0.1) is 0 Å². The third-order valence-corrected chi connectivity index (χ3v) is 2.51. The molecule has 4 nitrogen and oxygen atoms in total. The Labute approximate surface area is 94.9 Å². The molecule has 0 aliphatic heterocycles. The summed E-state index contributed by atoms with van der Waals surface area (Å²) < 4.78 is 1.86. The molecule has 0 bridgehead atoms. The molecule has 0 unspecified atom stereocenters. The summed E-state index contributed by atoms with van der Waals surface area (Å²) in [6, 6.07) is 10.2. The van der Waals surface area contributed by atoms with Crippen LogP contribution >= 0.6 is 0 Å². The molecule has 0 atom stereocenters. The number of nitrogens with zero attached hydrogens (tertiary/aromatic N) is 2. The maximum absolute atomic E-state index is 5.96. The van der Waals surface area contributed by atoms with E-state index in [1.54, 1.807) is 0 Å². The van der Waals surface area contributed by atoms with Crippen molar-refractivity contribution in [3.63, 3.8) is 0 Å². The zero-order valence-electron chi connectivity index (χ0n) is 9.51. The van der Waals surface area contributed by atoms with E-state index < -0.39 is 0 Å². The summed E-state index contributed by atoms with van der Waals surface area (Å²) in [5.74, 6) is 0.396. The number of anilines is 2. The van der Waals surface area contributed by atoms with Crippen LogP contribution in [-0.4, -0.2) is 9.78 Å². The first kappa shape index (κ1) is 10.5. The Hall–Kier alpha value is -1.97. The summed E-state index contributed by atoms with van der Waals surface area (Å²) >= 11 is 0. The number of hydrogen-bond donors (Lipinski definition) is 2. The highest BCUT2D eigenvalue weighted by Gasteiger charge is 2.16. The van der Waals surface area contributed by atoms with E-state index >= 15 is 0 Å². The molecule has 0 saturated carbocycles. The lowest BCUT2D eigenvalue weighted by atomic mass is 10.1. The van der Waals surface area contributed by atoms with E-state index in [0.29, 0.717) is 11.5 Å². The monoisotopic (exact) mass is 216 g/mol. The molecule has 2 rings (SSSR count). The minimum absolute atomic E-state index is 0.231. The Kier molecular flexibility index (Phi) is 2.56. The fourth-order valence-corrected chi connectivity index (χ4v) is 1.72. The van der Waals surface area contributed by atoms with Crippen LogP contribution in [0.1, 0.15) is 19.9 Å². The van der Waals surface area contributed by atoms with Crippen molar-refractivity contribution in [3.05, 3.63) is 30.3 Å². The molecule has 1 heterocycles. The quantitative estimate of drug-likeness (QED) is 0.809. The molecule has 84 valence electrons. The smallest absolute Gasteiger partial charge is 0.169 e. The Morgan fingerprint density at radius 2 is 1.75 bits per heavy atom. The lowest BCUT2D eigenvalue weighted by Crippen LogP contribution is -2.05. The van der Waals surface area contributed by atoms with Crippen LogP contribution < -0.4 is 11.5 Å². The van der Waals surface area contributed by atoms with Gasteiger partial charge in [0, 0.05) is 11.6 Å². The maximum atomic E-state index is 5.96. The third-order valence-electron chi connectivity index (χ3n) is 2.51. The predicted octanol–water partition coefficient (Wildman–Crippen LogP) is 2.30. The van der Waals surface area contributed by atoms with Crippen molar-refractivity contribution in [3.8, 4) is 11.3 Å². The van der Waals surface area contributed by atoms with Gasteiger partial charge in [0.15, 0.2) is 5.82 Å². The van der Waals surface area contributed by atoms with Gasteiger partial charge in [-0.15, -0.1) is 0 Å². The number of rotatable bonds is 2. The Morgan fingerprint density at radius 3 is 2.31 bits per heavy atom. The second kappa shape index (κ2) is 3.89. The largest absolute Gasteiger partial charge is 0.394 e. The molecule has 0 aliphatic rings. The number of hydrogen-bond acceptors (Lipinski definition) is 3. The molecule has 0 amide bonds. The molecule has 4 heteroatoms. The van der Waals surface area contributed by atoms with Crippen molar-refractivity contribution in [2.75, 3.05) is 11.5 Å². The summed E-state index contributed by atoms with van der Waals surface area (Å²) in [5, 5.41) is 4.26. The minimum atomic E-state index is 0.231. The van der Waals surface area contributed by atoms with E-state index in [-0.39, 0.29) is 6.04 Å². The SMILES string of the molecule is CC(C)n1nc(N)c(N)c1-c1ccccc1. The molecule has 0 saturated heterocycles. The number of nitrogens with two attached hydrogens (primary N) is 2.